The zero-order valence-electron chi connectivity index (χ0n) is 18.9. The molecule has 172 valence electrons. The number of thioether (sulfide) groups is 2. The summed E-state index contributed by atoms with van der Waals surface area (Å²) in [6.07, 6.45) is 0. The zero-order chi connectivity index (χ0) is 23.8. The number of ether oxygens (including phenoxy) is 1. The van der Waals surface area contributed by atoms with Crippen molar-refractivity contribution < 1.29 is 14.6 Å². The summed E-state index contributed by atoms with van der Waals surface area (Å²) >= 11 is 2.95. The van der Waals surface area contributed by atoms with Crippen LogP contribution < -0.4 is 14.5 Å². The molecule has 1 amide bonds. The number of hydrogen-bond donors (Lipinski definition) is 1. The lowest BCUT2D eigenvalue weighted by molar-refractivity contribution is -0.113. The molecule has 2 aliphatic rings. The Hall–Kier alpha value is -3.36. The maximum atomic E-state index is 13.8. The topological polar surface area (TPSA) is 65.4 Å². The zero-order valence-corrected chi connectivity index (χ0v) is 20.6. The minimum absolute atomic E-state index is 0.129. The SMILES string of the molecule is COc1ccc2c(c1)N(C)C(=C1SC(=NC(C)c3ccccc3)N(c3ccc(O)cc3)C1=O)S2. The monoisotopic (exact) mass is 489 g/mol. The van der Waals surface area contributed by atoms with Gasteiger partial charge in [0.2, 0.25) is 0 Å². The van der Waals surface area contributed by atoms with Crippen LogP contribution in [-0.2, 0) is 4.79 Å². The number of phenols is 1. The molecule has 1 atom stereocenters. The van der Waals surface area contributed by atoms with E-state index >= 15 is 0 Å². The number of fused-ring (bicyclic) bond motifs is 1. The molecule has 3 aromatic rings. The molecular weight excluding hydrogens is 466 g/mol. The first kappa shape index (κ1) is 22.4. The van der Waals surface area contributed by atoms with Gasteiger partial charge in [-0.1, -0.05) is 42.1 Å². The summed E-state index contributed by atoms with van der Waals surface area (Å²) in [4.78, 5) is 24.1. The van der Waals surface area contributed by atoms with Crippen LogP contribution in [0.4, 0.5) is 11.4 Å². The summed E-state index contributed by atoms with van der Waals surface area (Å²) in [5, 5.41) is 11.2. The lowest BCUT2D eigenvalue weighted by atomic mass is 10.1. The number of nitrogens with zero attached hydrogens (tertiary/aromatic N) is 3. The number of aromatic hydroxyl groups is 1. The predicted molar refractivity (Wildman–Crippen MR) is 140 cm³/mol. The summed E-state index contributed by atoms with van der Waals surface area (Å²) in [5.74, 6) is 0.782. The van der Waals surface area contributed by atoms with Gasteiger partial charge in [0.05, 0.1) is 29.6 Å². The van der Waals surface area contributed by atoms with E-state index in [0.29, 0.717) is 15.8 Å². The van der Waals surface area contributed by atoms with Crippen LogP contribution in [0.5, 0.6) is 11.5 Å². The van der Waals surface area contributed by atoms with Gasteiger partial charge in [-0.15, -0.1) is 0 Å². The van der Waals surface area contributed by atoms with Crippen molar-refractivity contribution in [3.8, 4) is 11.5 Å². The Morgan fingerprint density at radius 3 is 2.44 bits per heavy atom. The number of rotatable bonds is 4. The number of phenolic OH excluding ortho intramolecular Hbond substituents is 1. The molecule has 2 heterocycles. The fourth-order valence-corrected chi connectivity index (χ4v) is 6.23. The standard InChI is InChI=1S/C26H23N3O3S2/c1-16(17-7-5-4-6-8-17)27-26-29(18-9-11-19(30)12-10-18)24(31)23(34-26)25-28(2)21-15-20(32-3)13-14-22(21)33-25/h4-16,30H,1-3H3. The third kappa shape index (κ3) is 4.03. The molecule has 0 radical (unpaired) electrons. The van der Waals surface area contributed by atoms with Crippen molar-refractivity contribution in [2.75, 3.05) is 24.0 Å². The number of amidine groups is 1. The molecule has 6 nitrogen and oxygen atoms in total. The van der Waals surface area contributed by atoms with E-state index in [1.54, 1.807) is 48.0 Å². The van der Waals surface area contributed by atoms with Crippen molar-refractivity contribution in [2.45, 2.75) is 17.9 Å². The van der Waals surface area contributed by atoms with Crippen molar-refractivity contribution in [3.05, 3.63) is 88.3 Å². The summed E-state index contributed by atoms with van der Waals surface area (Å²) in [6, 6.07) is 22.4. The number of anilines is 2. The molecular formula is C26H23N3O3S2. The van der Waals surface area contributed by atoms with E-state index in [0.717, 1.165) is 26.9 Å². The summed E-state index contributed by atoms with van der Waals surface area (Å²) in [5.41, 5.74) is 2.73. The van der Waals surface area contributed by atoms with Crippen LogP contribution in [0.25, 0.3) is 0 Å². The van der Waals surface area contributed by atoms with Crippen LogP contribution in [0.3, 0.4) is 0 Å². The number of aliphatic imine (C=N–C) groups is 1. The van der Waals surface area contributed by atoms with Crippen LogP contribution >= 0.6 is 23.5 Å². The van der Waals surface area contributed by atoms with E-state index in [4.69, 9.17) is 9.73 Å². The second-order valence-electron chi connectivity index (χ2n) is 7.89. The third-order valence-electron chi connectivity index (χ3n) is 5.71. The van der Waals surface area contributed by atoms with E-state index < -0.39 is 0 Å². The Morgan fingerprint density at radius 2 is 1.74 bits per heavy atom. The van der Waals surface area contributed by atoms with Crippen molar-refractivity contribution in [3.63, 3.8) is 0 Å². The van der Waals surface area contributed by atoms with Crippen LogP contribution in [0.15, 0.2) is 92.6 Å². The number of methoxy groups -OCH3 is 1. The molecule has 0 bridgehead atoms. The van der Waals surface area contributed by atoms with E-state index in [1.807, 2.05) is 67.4 Å². The second kappa shape index (κ2) is 9.12. The molecule has 34 heavy (non-hydrogen) atoms. The average Bonchev–Trinajstić information content (AvgIpc) is 3.35. The van der Waals surface area contributed by atoms with Gasteiger partial charge in [0.1, 0.15) is 16.4 Å². The molecule has 5 rings (SSSR count). The number of amides is 1. The Kier molecular flexibility index (Phi) is 6.02. The maximum Gasteiger partial charge on any atom is 0.274 e. The summed E-state index contributed by atoms with van der Waals surface area (Å²) in [7, 11) is 3.60. The fraction of sp³-hybridized carbons (Fsp3) is 0.154. The quantitative estimate of drug-likeness (QED) is 0.453. The molecule has 0 aromatic heterocycles. The Morgan fingerprint density at radius 1 is 1.00 bits per heavy atom. The largest absolute Gasteiger partial charge is 0.508 e. The van der Waals surface area contributed by atoms with Crippen LogP contribution in [0.1, 0.15) is 18.5 Å². The van der Waals surface area contributed by atoms with Gasteiger partial charge in [0, 0.05) is 18.0 Å². The number of benzene rings is 3. The van der Waals surface area contributed by atoms with Gasteiger partial charge in [-0.25, -0.2) is 0 Å². The van der Waals surface area contributed by atoms with Crippen LogP contribution in [0.2, 0.25) is 0 Å². The average molecular weight is 490 g/mol. The highest BCUT2D eigenvalue weighted by atomic mass is 32.2. The highest BCUT2D eigenvalue weighted by molar-refractivity contribution is 8.20. The normalized spacial score (nSPS) is 19.6. The van der Waals surface area contributed by atoms with E-state index in [-0.39, 0.29) is 17.7 Å². The first-order chi connectivity index (χ1) is 16.5. The maximum absolute atomic E-state index is 13.8. The minimum atomic E-state index is -0.135. The molecule has 1 saturated heterocycles. The van der Waals surface area contributed by atoms with Gasteiger partial charge in [-0.2, -0.15) is 0 Å². The molecule has 1 fully saturated rings. The highest BCUT2D eigenvalue weighted by Crippen LogP contribution is 2.51. The fourth-order valence-electron chi connectivity index (χ4n) is 3.84. The summed E-state index contributed by atoms with van der Waals surface area (Å²) in [6.45, 7) is 2.02. The molecule has 2 aliphatic heterocycles. The lowest BCUT2D eigenvalue weighted by Gasteiger charge is -2.18. The van der Waals surface area contributed by atoms with Crippen molar-refractivity contribution in [2.24, 2.45) is 4.99 Å². The van der Waals surface area contributed by atoms with E-state index in [1.165, 1.54) is 11.8 Å². The molecule has 3 aromatic carbocycles. The first-order valence-corrected chi connectivity index (χ1v) is 12.4. The molecule has 0 aliphatic carbocycles. The predicted octanol–water partition coefficient (Wildman–Crippen LogP) is 6.01. The van der Waals surface area contributed by atoms with Crippen molar-refractivity contribution in [1.29, 1.82) is 0 Å². The Labute approximate surface area is 206 Å². The van der Waals surface area contributed by atoms with Crippen LogP contribution in [0, 0.1) is 0 Å². The highest BCUT2D eigenvalue weighted by Gasteiger charge is 2.40. The Bertz CT molecular complexity index is 1310. The number of carbonyl (C=O) groups excluding carboxylic acids is 1. The molecule has 0 spiro atoms. The van der Waals surface area contributed by atoms with Gasteiger partial charge >= 0.3 is 0 Å². The summed E-state index contributed by atoms with van der Waals surface area (Å²) < 4.78 is 5.39. The van der Waals surface area contributed by atoms with Crippen LogP contribution in [-0.4, -0.2) is 30.3 Å². The van der Waals surface area contributed by atoms with Crippen molar-refractivity contribution in [1.82, 2.24) is 0 Å². The van der Waals surface area contributed by atoms with Gasteiger partial charge in [0.25, 0.3) is 5.91 Å². The van der Waals surface area contributed by atoms with Gasteiger partial charge < -0.3 is 14.7 Å². The Balaban J connectivity index is 1.57. The number of carbonyl (C=O) groups is 1. The second-order valence-corrected chi connectivity index (χ2v) is 9.89. The van der Waals surface area contributed by atoms with Crippen molar-refractivity contribution >= 4 is 46.0 Å². The third-order valence-corrected chi connectivity index (χ3v) is 8.12. The molecule has 1 unspecified atom stereocenters. The first-order valence-electron chi connectivity index (χ1n) is 10.7. The number of hydrogen-bond acceptors (Lipinski definition) is 7. The van der Waals surface area contributed by atoms with Gasteiger partial charge in [-0.3, -0.25) is 14.7 Å². The van der Waals surface area contributed by atoms with E-state index in [9.17, 15) is 9.90 Å². The molecule has 8 heteroatoms. The molecule has 0 saturated carbocycles. The molecule has 1 N–H and O–H groups in total. The van der Waals surface area contributed by atoms with E-state index in [2.05, 4.69) is 0 Å². The smallest absolute Gasteiger partial charge is 0.274 e. The minimum Gasteiger partial charge on any atom is -0.508 e. The van der Waals surface area contributed by atoms with Gasteiger partial charge in [0.15, 0.2) is 5.17 Å². The lowest BCUT2D eigenvalue weighted by Crippen LogP contribution is -2.29. The van der Waals surface area contributed by atoms with Gasteiger partial charge in [-0.05, 0) is 60.6 Å².